The third-order valence-corrected chi connectivity index (χ3v) is 5.27. The highest BCUT2D eigenvalue weighted by molar-refractivity contribution is 5.76. The van der Waals surface area contributed by atoms with Crippen molar-refractivity contribution in [2.24, 2.45) is 0 Å². The summed E-state index contributed by atoms with van der Waals surface area (Å²) >= 11 is 0. The van der Waals surface area contributed by atoms with Crippen LogP contribution >= 0.6 is 0 Å². The normalized spacial score (nSPS) is 16.7. The van der Waals surface area contributed by atoms with Crippen LogP contribution in [-0.4, -0.2) is 53.7 Å². The highest BCUT2D eigenvalue weighted by Crippen LogP contribution is 2.26. The number of nitrogens with one attached hydrogen (secondary N) is 1. The lowest BCUT2D eigenvalue weighted by Gasteiger charge is -2.29. The summed E-state index contributed by atoms with van der Waals surface area (Å²) in [6.07, 6.45) is -0.784. The van der Waals surface area contributed by atoms with E-state index in [0.717, 1.165) is 50.9 Å². The maximum Gasteiger partial charge on any atom is 0.573 e. The van der Waals surface area contributed by atoms with Crippen LogP contribution in [0.3, 0.4) is 0 Å². The summed E-state index contributed by atoms with van der Waals surface area (Å²) in [6.45, 7) is 3.75. The van der Waals surface area contributed by atoms with Crippen LogP contribution in [0, 0.1) is 0 Å². The van der Waals surface area contributed by atoms with E-state index in [4.69, 9.17) is 0 Å². The van der Waals surface area contributed by atoms with Crippen LogP contribution in [-0.2, 0) is 9.59 Å². The summed E-state index contributed by atoms with van der Waals surface area (Å²) in [4.78, 5) is 25.5. The SMILES string of the molecule is CC(=O)CCCCCC(=O)N[C@H](CN1CCCC1)[C@@H](O)c1ccc(OC(F)(F)F)cc1. The summed E-state index contributed by atoms with van der Waals surface area (Å²) in [5.74, 6) is -0.429. The number of halogens is 3. The topological polar surface area (TPSA) is 78.9 Å². The number of carbonyl (C=O) groups excluding carboxylic acids is 2. The number of likely N-dealkylation sites (tertiary alicyclic amines) is 1. The van der Waals surface area contributed by atoms with E-state index in [1.165, 1.54) is 12.1 Å². The largest absolute Gasteiger partial charge is 0.573 e. The second-order valence-corrected chi connectivity index (χ2v) is 8.01. The van der Waals surface area contributed by atoms with E-state index in [-0.39, 0.29) is 17.4 Å². The second-order valence-electron chi connectivity index (χ2n) is 8.01. The zero-order chi connectivity index (χ0) is 22.9. The van der Waals surface area contributed by atoms with E-state index in [9.17, 15) is 27.9 Å². The number of carbonyl (C=O) groups is 2. The zero-order valence-electron chi connectivity index (χ0n) is 17.8. The van der Waals surface area contributed by atoms with Gasteiger partial charge < -0.3 is 24.9 Å². The van der Waals surface area contributed by atoms with E-state index in [1.807, 2.05) is 0 Å². The van der Waals surface area contributed by atoms with E-state index in [2.05, 4.69) is 15.0 Å². The van der Waals surface area contributed by atoms with Crippen molar-refractivity contribution in [3.63, 3.8) is 0 Å². The predicted octanol–water partition coefficient (Wildman–Crippen LogP) is 3.74. The number of ketones is 1. The number of amides is 1. The van der Waals surface area contributed by atoms with Gasteiger partial charge in [0.05, 0.1) is 6.04 Å². The fraction of sp³-hybridized carbons (Fsp3) is 0.636. The van der Waals surface area contributed by atoms with Crippen molar-refractivity contribution in [2.75, 3.05) is 19.6 Å². The highest BCUT2D eigenvalue weighted by Gasteiger charge is 2.31. The minimum absolute atomic E-state index is 0.130. The van der Waals surface area contributed by atoms with Gasteiger partial charge in [-0.1, -0.05) is 18.6 Å². The molecule has 2 N–H and O–H groups in total. The van der Waals surface area contributed by atoms with Crippen LogP contribution < -0.4 is 10.1 Å². The monoisotopic (exact) mass is 444 g/mol. The number of Topliss-reactive ketones (excluding diaryl/α,β-unsaturated/α-hetero) is 1. The van der Waals surface area contributed by atoms with Crippen molar-refractivity contribution in [2.45, 2.75) is 70.4 Å². The maximum atomic E-state index is 12.4. The van der Waals surface area contributed by atoms with Crippen molar-refractivity contribution in [1.82, 2.24) is 10.2 Å². The predicted molar refractivity (Wildman–Crippen MR) is 109 cm³/mol. The summed E-state index contributed by atoms with van der Waals surface area (Å²) < 4.78 is 40.9. The molecule has 0 unspecified atom stereocenters. The Balaban J connectivity index is 1.96. The molecule has 0 saturated carbocycles. The molecule has 1 aromatic carbocycles. The molecule has 31 heavy (non-hydrogen) atoms. The summed E-state index contributed by atoms with van der Waals surface area (Å²) in [7, 11) is 0. The highest BCUT2D eigenvalue weighted by atomic mass is 19.4. The Morgan fingerprint density at radius 3 is 2.29 bits per heavy atom. The van der Waals surface area contributed by atoms with Gasteiger partial charge in [-0.25, -0.2) is 0 Å². The second kappa shape index (κ2) is 12.0. The molecule has 1 saturated heterocycles. The number of benzene rings is 1. The van der Waals surface area contributed by atoms with Crippen molar-refractivity contribution in [3.8, 4) is 5.75 Å². The van der Waals surface area contributed by atoms with Gasteiger partial charge in [0, 0.05) is 19.4 Å². The van der Waals surface area contributed by atoms with Gasteiger partial charge in [0.15, 0.2) is 0 Å². The zero-order valence-corrected chi connectivity index (χ0v) is 17.8. The molecular weight excluding hydrogens is 413 g/mol. The number of unbranched alkanes of at least 4 members (excludes halogenated alkanes) is 2. The first kappa shape index (κ1) is 25.1. The number of nitrogens with zero attached hydrogens (tertiary/aromatic N) is 1. The Bertz CT molecular complexity index is 704. The van der Waals surface area contributed by atoms with E-state index in [1.54, 1.807) is 6.92 Å². The molecule has 1 aliphatic rings. The fourth-order valence-corrected chi connectivity index (χ4v) is 3.68. The Morgan fingerprint density at radius 1 is 1.10 bits per heavy atom. The molecule has 0 aromatic heterocycles. The molecule has 0 aliphatic carbocycles. The number of hydrogen-bond donors (Lipinski definition) is 2. The van der Waals surface area contributed by atoms with Crippen molar-refractivity contribution in [3.05, 3.63) is 29.8 Å². The molecule has 2 rings (SSSR count). The van der Waals surface area contributed by atoms with Gasteiger partial charge in [-0.15, -0.1) is 13.2 Å². The summed E-state index contributed by atoms with van der Waals surface area (Å²) in [6, 6.07) is 4.45. The molecular formula is C22H31F3N2O4. The standard InChI is InChI=1S/C22H31F3N2O4/c1-16(28)7-3-2-4-8-20(29)26-19(15-27-13-5-6-14-27)21(30)17-9-11-18(12-10-17)31-22(23,24)25/h9-12,19,21,30H,2-8,13-15H2,1H3,(H,26,29)/t19-,21+/m1/s1. The average molecular weight is 444 g/mol. The first-order valence-electron chi connectivity index (χ1n) is 10.7. The Labute approximate surface area is 180 Å². The number of aliphatic hydroxyl groups excluding tert-OH is 1. The molecule has 1 aromatic rings. The third-order valence-electron chi connectivity index (χ3n) is 5.27. The Kier molecular flexibility index (Phi) is 9.77. The van der Waals surface area contributed by atoms with Gasteiger partial charge in [0.25, 0.3) is 0 Å². The lowest BCUT2D eigenvalue weighted by molar-refractivity contribution is -0.274. The lowest BCUT2D eigenvalue weighted by Crippen LogP contribution is -2.46. The number of alkyl halides is 3. The summed E-state index contributed by atoms with van der Waals surface area (Å²) in [5, 5.41) is 13.7. The molecule has 6 nitrogen and oxygen atoms in total. The van der Waals surface area contributed by atoms with Gasteiger partial charge in [-0.05, 0) is 63.4 Å². The number of hydrogen-bond acceptors (Lipinski definition) is 5. The van der Waals surface area contributed by atoms with E-state index >= 15 is 0 Å². The van der Waals surface area contributed by atoms with Crippen LogP contribution in [0.5, 0.6) is 5.75 Å². The minimum Gasteiger partial charge on any atom is -0.406 e. The molecule has 1 heterocycles. The van der Waals surface area contributed by atoms with Crippen LogP contribution in [0.25, 0.3) is 0 Å². The van der Waals surface area contributed by atoms with Crippen molar-refractivity contribution < 1.29 is 32.6 Å². The molecule has 1 fully saturated rings. The third kappa shape index (κ3) is 9.69. The Morgan fingerprint density at radius 2 is 1.71 bits per heavy atom. The minimum atomic E-state index is -4.78. The van der Waals surface area contributed by atoms with Gasteiger partial charge in [0.1, 0.15) is 17.6 Å². The molecule has 0 radical (unpaired) electrons. The summed E-state index contributed by atoms with van der Waals surface area (Å²) in [5.41, 5.74) is 0.403. The van der Waals surface area contributed by atoms with E-state index < -0.39 is 18.5 Å². The van der Waals surface area contributed by atoms with Crippen LogP contribution in [0.15, 0.2) is 24.3 Å². The van der Waals surface area contributed by atoms with Crippen molar-refractivity contribution >= 4 is 11.7 Å². The fourth-order valence-electron chi connectivity index (χ4n) is 3.68. The van der Waals surface area contributed by atoms with Gasteiger partial charge in [-0.2, -0.15) is 0 Å². The Hall–Kier alpha value is -2.13. The van der Waals surface area contributed by atoms with Gasteiger partial charge in [-0.3, -0.25) is 4.79 Å². The van der Waals surface area contributed by atoms with Crippen LogP contribution in [0.1, 0.15) is 63.5 Å². The molecule has 9 heteroatoms. The molecule has 0 bridgehead atoms. The lowest BCUT2D eigenvalue weighted by atomic mass is 10.0. The van der Waals surface area contributed by atoms with E-state index in [0.29, 0.717) is 31.4 Å². The van der Waals surface area contributed by atoms with Crippen molar-refractivity contribution in [1.29, 1.82) is 0 Å². The molecule has 0 spiro atoms. The van der Waals surface area contributed by atoms with Gasteiger partial charge in [0.2, 0.25) is 5.91 Å². The maximum absolute atomic E-state index is 12.4. The first-order valence-corrected chi connectivity index (χ1v) is 10.7. The molecule has 1 aliphatic heterocycles. The van der Waals surface area contributed by atoms with Gasteiger partial charge >= 0.3 is 6.36 Å². The molecule has 1 amide bonds. The molecule has 174 valence electrons. The number of ether oxygens (including phenoxy) is 1. The van der Waals surface area contributed by atoms with Crippen LogP contribution in [0.4, 0.5) is 13.2 Å². The molecule has 2 atom stereocenters. The number of rotatable bonds is 12. The number of aliphatic hydroxyl groups is 1. The van der Waals surface area contributed by atoms with Crippen LogP contribution in [0.2, 0.25) is 0 Å². The quantitative estimate of drug-likeness (QED) is 0.480. The smallest absolute Gasteiger partial charge is 0.406 e. The first-order chi connectivity index (χ1) is 14.6. The average Bonchev–Trinajstić information content (AvgIpc) is 3.19.